The maximum absolute atomic E-state index is 13.0. The number of likely N-dealkylation sites (tertiary alicyclic amines) is 1. The largest absolute Gasteiger partial charge is 0.462 e. The molecule has 0 aliphatic carbocycles. The van der Waals surface area contributed by atoms with Crippen molar-refractivity contribution in [1.82, 2.24) is 9.62 Å². The Morgan fingerprint density at radius 1 is 1.29 bits per heavy atom. The van der Waals surface area contributed by atoms with Crippen LogP contribution in [0, 0.1) is 10.1 Å². The van der Waals surface area contributed by atoms with Gasteiger partial charge in [-0.25, -0.2) is 17.9 Å². The van der Waals surface area contributed by atoms with E-state index in [2.05, 4.69) is 4.72 Å². The van der Waals surface area contributed by atoms with Gasteiger partial charge < -0.3 is 9.64 Å². The summed E-state index contributed by atoms with van der Waals surface area (Å²) in [5, 5.41) is 11.2. The van der Waals surface area contributed by atoms with Crippen molar-refractivity contribution in [3.63, 3.8) is 0 Å². The quantitative estimate of drug-likeness (QED) is 0.404. The van der Waals surface area contributed by atoms with Crippen LogP contribution in [0.4, 0.5) is 5.69 Å². The monoisotopic (exact) mass is 413 g/mol. The third-order valence-electron chi connectivity index (χ3n) is 4.36. The summed E-state index contributed by atoms with van der Waals surface area (Å²) in [7, 11) is -3.42. The number of esters is 1. The molecule has 10 nitrogen and oxygen atoms in total. The van der Waals surface area contributed by atoms with E-state index in [0.29, 0.717) is 13.0 Å². The van der Waals surface area contributed by atoms with Crippen LogP contribution in [0.2, 0.25) is 0 Å². The number of rotatable bonds is 7. The molecule has 154 valence electrons. The average Bonchev–Trinajstić information content (AvgIpc) is 2.65. The Kier molecular flexibility index (Phi) is 7.08. The van der Waals surface area contributed by atoms with Gasteiger partial charge in [-0.15, -0.1) is 0 Å². The molecule has 1 aromatic carbocycles. The summed E-state index contributed by atoms with van der Waals surface area (Å²) in [4.78, 5) is 37.0. The van der Waals surface area contributed by atoms with Crippen LogP contribution < -0.4 is 4.72 Å². The Morgan fingerprint density at radius 2 is 1.96 bits per heavy atom. The van der Waals surface area contributed by atoms with E-state index in [4.69, 9.17) is 4.74 Å². The molecule has 1 amide bonds. The predicted octanol–water partition coefficient (Wildman–Crippen LogP) is 1.32. The fraction of sp³-hybridized carbons (Fsp3) is 0.529. The number of sulfonamides is 1. The third-order valence-corrected chi connectivity index (χ3v) is 5.05. The predicted molar refractivity (Wildman–Crippen MR) is 101 cm³/mol. The minimum Gasteiger partial charge on any atom is -0.462 e. The van der Waals surface area contributed by atoms with Gasteiger partial charge in [-0.05, 0) is 32.3 Å². The smallest absolute Gasteiger partial charge is 0.338 e. The van der Waals surface area contributed by atoms with E-state index in [0.717, 1.165) is 31.2 Å². The Morgan fingerprint density at radius 3 is 2.57 bits per heavy atom. The maximum atomic E-state index is 13.0. The molecule has 0 aromatic heterocycles. The van der Waals surface area contributed by atoms with E-state index in [1.165, 1.54) is 11.0 Å². The van der Waals surface area contributed by atoms with Crippen LogP contribution in [0.3, 0.4) is 0 Å². The standard InChI is InChI=1S/C17H23N3O7S/c1-3-27-17(22)13-8-12(9-15(10-13)20(23)24)16(21)19-7-5-4-6-14(19)11-18-28(2,25)26/h8-10,14,18H,3-7,11H2,1-2H3. The van der Waals surface area contributed by atoms with Gasteiger partial charge in [0.2, 0.25) is 10.0 Å². The van der Waals surface area contributed by atoms with Crippen LogP contribution in [-0.2, 0) is 14.8 Å². The molecule has 1 aliphatic heterocycles. The van der Waals surface area contributed by atoms with Crippen LogP contribution >= 0.6 is 0 Å². The summed E-state index contributed by atoms with van der Waals surface area (Å²) in [6, 6.07) is 3.07. The van der Waals surface area contributed by atoms with Gasteiger partial charge in [-0.3, -0.25) is 14.9 Å². The second-order valence-corrected chi connectivity index (χ2v) is 8.35. The molecule has 0 bridgehead atoms. The molecule has 1 unspecified atom stereocenters. The second-order valence-electron chi connectivity index (χ2n) is 6.51. The summed E-state index contributed by atoms with van der Waals surface area (Å²) in [5.41, 5.74) is -0.484. The van der Waals surface area contributed by atoms with Gasteiger partial charge in [0.25, 0.3) is 11.6 Å². The number of hydrogen-bond donors (Lipinski definition) is 1. The topological polar surface area (TPSA) is 136 Å². The highest BCUT2D eigenvalue weighted by Gasteiger charge is 2.29. The summed E-state index contributed by atoms with van der Waals surface area (Å²) in [5.74, 6) is -1.25. The second kappa shape index (κ2) is 9.11. The van der Waals surface area contributed by atoms with Gasteiger partial charge >= 0.3 is 5.97 Å². The first-order valence-electron chi connectivity index (χ1n) is 8.84. The summed E-state index contributed by atoms with van der Waals surface area (Å²) in [6.45, 7) is 2.15. The summed E-state index contributed by atoms with van der Waals surface area (Å²) in [6.07, 6.45) is 3.21. The fourth-order valence-corrected chi connectivity index (χ4v) is 3.56. The SMILES string of the molecule is CCOC(=O)c1cc(C(=O)N2CCCCC2CNS(C)(=O)=O)cc([N+](=O)[O-])c1. The van der Waals surface area contributed by atoms with Gasteiger partial charge in [-0.2, -0.15) is 0 Å². The zero-order valence-corrected chi connectivity index (χ0v) is 16.5. The van der Waals surface area contributed by atoms with Crippen LogP contribution in [-0.4, -0.2) is 62.1 Å². The number of carbonyl (C=O) groups excluding carboxylic acids is 2. The number of nitrogens with one attached hydrogen (secondary N) is 1. The fourth-order valence-electron chi connectivity index (χ4n) is 3.07. The number of benzene rings is 1. The third kappa shape index (κ3) is 5.73. The number of amides is 1. The molecular formula is C17H23N3O7S. The first-order chi connectivity index (χ1) is 13.1. The van der Waals surface area contributed by atoms with E-state index < -0.39 is 32.5 Å². The highest BCUT2D eigenvalue weighted by Crippen LogP contribution is 2.23. The molecule has 1 atom stereocenters. The minimum atomic E-state index is -3.42. The van der Waals surface area contributed by atoms with E-state index in [1.54, 1.807) is 6.92 Å². The van der Waals surface area contributed by atoms with Gasteiger partial charge in [-0.1, -0.05) is 0 Å². The molecule has 1 aromatic rings. The normalized spacial score (nSPS) is 17.2. The van der Waals surface area contributed by atoms with Crippen molar-refractivity contribution >= 4 is 27.6 Å². The molecule has 1 aliphatic rings. The lowest BCUT2D eigenvalue weighted by Gasteiger charge is -2.35. The number of carbonyl (C=O) groups is 2. The minimum absolute atomic E-state index is 0.0106. The van der Waals surface area contributed by atoms with E-state index in [9.17, 15) is 28.1 Å². The van der Waals surface area contributed by atoms with E-state index in [1.807, 2.05) is 0 Å². The first-order valence-corrected chi connectivity index (χ1v) is 10.7. The van der Waals surface area contributed by atoms with Crippen LogP contribution in [0.25, 0.3) is 0 Å². The molecule has 1 N–H and O–H groups in total. The van der Waals surface area contributed by atoms with Crippen molar-refractivity contribution in [2.45, 2.75) is 32.2 Å². The van der Waals surface area contributed by atoms with E-state index >= 15 is 0 Å². The van der Waals surface area contributed by atoms with Gasteiger partial charge in [0.1, 0.15) is 0 Å². The zero-order valence-electron chi connectivity index (χ0n) is 15.7. The molecule has 1 fully saturated rings. The number of nitro benzene ring substituents is 1. The molecule has 2 rings (SSSR count). The zero-order chi connectivity index (χ0) is 20.9. The van der Waals surface area contributed by atoms with Crippen molar-refractivity contribution in [2.24, 2.45) is 0 Å². The van der Waals surface area contributed by atoms with E-state index in [-0.39, 0.29) is 30.3 Å². The number of ether oxygens (including phenoxy) is 1. The van der Waals surface area contributed by atoms with Crippen molar-refractivity contribution in [3.05, 3.63) is 39.4 Å². The molecular weight excluding hydrogens is 390 g/mol. The molecule has 0 saturated carbocycles. The Balaban J connectivity index is 2.34. The maximum Gasteiger partial charge on any atom is 0.338 e. The van der Waals surface area contributed by atoms with Gasteiger partial charge in [0.15, 0.2) is 0 Å². The number of nitro groups is 1. The lowest BCUT2D eigenvalue weighted by molar-refractivity contribution is -0.384. The lowest BCUT2D eigenvalue weighted by atomic mass is 10.00. The van der Waals surface area contributed by atoms with Crippen molar-refractivity contribution in [1.29, 1.82) is 0 Å². The van der Waals surface area contributed by atoms with Crippen LogP contribution in [0.1, 0.15) is 46.9 Å². The Bertz CT molecular complexity index is 870. The van der Waals surface area contributed by atoms with Gasteiger partial charge in [0.05, 0.1) is 23.3 Å². The number of non-ortho nitro benzene ring substituents is 1. The molecule has 0 spiro atoms. The van der Waals surface area contributed by atoms with Gasteiger partial charge in [0, 0.05) is 36.8 Å². The first kappa shape index (κ1) is 21.8. The lowest BCUT2D eigenvalue weighted by Crippen LogP contribution is -2.49. The molecule has 1 saturated heterocycles. The highest BCUT2D eigenvalue weighted by atomic mass is 32.2. The van der Waals surface area contributed by atoms with Crippen LogP contribution in [0.15, 0.2) is 18.2 Å². The van der Waals surface area contributed by atoms with Crippen LogP contribution in [0.5, 0.6) is 0 Å². The molecule has 11 heteroatoms. The molecule has 1 heterocycles. The number of hydrogen-bond acceptors (Lipinski definition) is 7. The number of nitrogens with zero attached hydrogens (tertiary/aromatic N) is 2. The molecule has 0 radical (unpaired) electrons. The van der Waals surface area contributed by atoms with Crippen molar-refractivity contribution in [3.8, 4) is 0 Å². The number of piperidine rings is 1. The van der Waals surface area contributed by atoms with Crippen molar-refractivity contribution < 1.29 is 27.7 Å². The average molecular weight is 413 g/mol. The Hall–Kier alpha value is -2.53. The summed E-state index contributed by atoms with van der Waals surface area (Å²) < 4.78 is 30.0. The van der Waals surface area contributed by atoms with Crippen molar-refractivity contribution in [2.75, 3.05) is 26.0 Å². The molecule has 28 heavy (non-hydrogen) atoms. The summed E-state index contributed by atoms with van der Waals surface area (Å²) >= 11 is 0. The highest BCUT2D eigenvalue weighted by molar-refractivity contribution is 7.88. The Labute approximate surface area is 163 Å².